The number of amides is 1. The largest absolute Gasteiger partial charge is 0.464 e. The Kier molecular flexibility index (Phi) is 3.50. The summed E-state index contributed by atoms with van der Waals surface area (Å²) in [6, 6.07) is 0. The summed E-state index contributed by atoms with van der Waals surface area (Å²) in [4.78, 5) is 23.8. The molecule has 0 aliphatic carbocycles. The fraction of sp³-hybridized carbons (Fsp3) is 0.556. The summed E-state index contributed by atoms with van der Waals surface area (Å²) >= 11 is 0. The molecule has 1 rings (SSSR count). The van der Waals surface area contributed by atoms with Gasteiger partial charge in [0.1, 0.15) is 5.70 Å². The van der Waals surface area contributed by atoms with E-state index in [1.54, 1.807) is 13.0 Å². The summed E-state index contributed by atoms with van der Waals surface area (Å²) in [5.74, 6) is -0.504. The van der Waals surface area contributed by atoms with E-state index in [1.807, 2.05) is 0 Å². The molecule has 0 bridgehead atoms. The maximum absolute atomic E-state index is 11.3. The summed E-state index contributed by atoms with van der Waals surface area (Å²) in [6.07, 6.45) is 1.83. The smallest absolute Gasteiger partial charge is 0.414 e. The van der Waals surface area contributed by atoms with Crippen molar-refractivity contribution >= 4 is 12.1 Å². The Hall–Kier alpha value is -1.52. The first-order chi connectivity index (χ1) is 6.70. The Morgan fingerprint density at radius 3 is 2.86 bits per heavy atom. The van der Waals surface area contributed by atoms with Crippen molar-refractivity contribution in [3.05, 3.63) is 11.8 Å². The summed E-state index contributed by atoms with van der Waals surface area (Å²) in [5.41, 5.74) is 0.269. The molecule has 0 saturated heterocycles. The molecule has 78 valence electrons. The lowest BCUT2D eigenvalue weighted by atomic mass is 10.4. The zero-order valence-corrected chi connectivity index (χ0v) is 8.28. The van der Waals surface area contributed by atoms with Gasteiger partial charge in [0.15, 0.2) is 0 Å². The first-order valence-corrected chi connectivity index (χ1v) is 4.43. The average Bonchev–Trinajstić information content (AvgIpc) is 2.65. The van der Waals surface area contributed by atoms with Crippen LogP contribution in [0, 0.1) is 0 Å². The first kappa shape index (κ1) is 10.6. The molecule has 1 heterocycles. The first-order valence-electron chi connectivity index (χ1n) is 4.43. The quantitative estimate of drug-likeness (QED) is 0.620. The van der Waals surface area contributed by atoms with E-state index in [1.165, 1.54) is 12.0 Å². The van der Waals surface area contributed by atoms with Crippen LogP contribution < -0.4 is 0 Å². The summed E-state index contributed by atoms with van der Waals surface area (Å²) in [5, 5.41) is 0. The van der Waals surface area contributed by atoms with Crippen LogP contribution in [0.2, 0.25) is 0 Å². The predicted octanol–water partition coefficient (Wildman–Crippen LogP) is 0.905. The summed E-state index contributed by atoms with van der Waals surface area (Å²) in [7, 11) is 1.28. The van der Waals surface area contributed by atoms with Gasteiger partial charge in [-0.15, -0.1) is 0 Å². The predicted molar refractivity (Wildman–Crippen MR) is 48.4 cm³/mol. The molecule has 5 heteroatoms. The normalized spacial score (nSPS) is 15.0. The van der Waals surface area contributed by atoms with Crippen LogP contribution in [0.25, 0.3) is 0 Å². The number of ether oxygens (including phenoxy) is 2. The van der Waals surface area contributed by atoms with Gasteiger partial charge < -0.3 is 9.47 Å². The number of carbonyl (C=O) groups excluding carboxylic acids is 2. The van der Waals surface area contributed by atoms with E-state index in [4.69, 9.17) is 4.74 Å². The fourth-order valence-corrected chi connectivity index (χ4v) is 1.25. The molecule has 0 saturated carbocycles. The monoisotopic (exact) mass is 199 g/mol. The van der Waals surface area contributed by atoms with Crippen molar-refractivity contribution in [1.29, 1.82) is 0 Å². The molecule has 1 aliphatic rings. The van der Waals surface area contributed by atoms with Crippen LogP contribution in [0.15, 0.2) is 11.8 Å². The summed E-state index contributed by atoms with van der Waals surface area (Å²) < 4.78 is 9.33. The van der Waals surface area contributed by atoms with E-state index in [9.17, 15) is 9.59 Å². The Labute approximate surface area is 82.3 Å². The van der Waals surface area contributed by atoms with E-state index >= 15 is 0 Å². The molecule has 0 unspecified atom stereocenters. The van der Waals surface area contributed by atoms with Crippen molar-refractivity contribution in [2.24, 2.45) is 0 Å². The Morgan fingerprint density at radius 2 is 2.29 bits per heavy atom. The molecule has 0 aromatic carbocycles. The third kappa shape index (κ3) is 2.04. The highest BCUT2D eigenvalue weighted by atomic mass is 16.6. The topological polar surface area (TPSA) is 55.8 Å². The minimum Gasteiger partial charge on any atom is -0.464 e. The number of carbonyl (C=O) groups is 2. The van der Waals surface area contributed by atoms with Gasteiger partial charge in [0.2, 0.25) is 0 Å². The molecule has 0 aromatic heterocycles. The number of esters is 1. The second-order valence-electron chi connectivity index (χ2n) is 2.72. The van der Waals surface area contributed by atoms with Gasteiger partial charge >= 0.3 is 12.1 Å². The molecule has 0 spiro atoms. The zero-order valence-electron chi connectivity index (χ0n) is 8.28. The maximum atomic E-state index is 11.3. The average molecular weight is 199 g/mol. The van der Waals surface area contributed by atoms with Crippen molar-refractivity contribution in [3.63, 3.8) is 0 Å². The number of rotatable bonds is 2. The third-order valence-corrected chi connectivity index (χ3v) is 1.86. The van der Waals surface area contributed by atoms with Crippen LogP contribution in [-0.4, -0.2) is 37.2 Å². The molecular weight excluding hydrogens is 186 g/mol. The van der Waals surface area contributed by atoms with Crippen LogP contribution in [0.3, 0.4) is 0 Å². The molecule has 5 nitrogen and oxygen atoms in total. The summed E-state index contributed by atoms with van der Waals surface area (Å²) in [6.45, 7) is 2.49. The number of hydrogen-bond acceptors (Lipinski definition) is 4. The van der Waals surface area contributed by atoms with Crippen molar-refractivity contribution in [2.75, 3.05) is 20.3 Å². The van der Waals surface area contributed by atoms with Crippen molar-refractivity contribution < 1.29 is 19.1 Å². The zero-order chi connectivity index (χ0) is 10.6. The van der Waals surface area contributed by atoms with Crippen LogP contribution in [0.5, 0.6) is 0 Å². The van der Waals surface area contributed by atoms with Crippen LogP contribution in [0.4, 0.5) is 4.79 Å². The SMILES string of the molecule is CCOC(=O)N1CCC=C1C(=O)OC. The van der Waals surface area contributed by atoms with Crippen molar-refractivity contribution in [1.82, 2.24) is 4.90 Å². The fourth-order valence-electron chi connectivity index (χ4n) is 1.25. The molecule has 0 atom stereocenters. The van der Waals surface area contributed by atoms with Crippen molar-refractivity contribution in [2.45, 2.75) is 13.3 Å². The highest BCUT2D eigenvalue weighted by Gasteiger charge is 2.28. The van der Waals surface area contributed by atoms with Crippen LogP contribution in [-0.2, 0) is 14.3 Å². The molecule has 1 amide bonds. The molecule has 0 radical (unpaired) electrons. The minimum atomic E-state index is -0.504. The van der Waals surface area contributed by atoms with Gasteiger partial charge in [-0.25, -0.2) is 9.59 Å². The van der Waals surface area contributed by atoms with Gasteiger partial charge in [0.05, 0.1) is 13.7 Å². The van der Waals surface area contributed by atoms with E-state index in [0.717, 1.165) is 0 Å². The Morgan fingerprint density at radius 1 is 1.57 bits per heavy atom. The maximum Gasteiger partial charge on any atom is 0.414 e. The van der Waals surface area contributed by atoms with Gasteiger partial charge in [-0.05, 0) is 13.3 Å². The molecule has 0 N–H and O–H groups in total. The van der Waals surface area contributed by atoms with E-state index in [2.05, 4.69) is 4.74 Å². The van der Waals surface area contributed by atoms with E-state index in [-0.39, 0.29) is 5.70 Å². The molecule has 0 aromatic rings. The van der Waals surface area contributed by atoms with Crippen molar-refractivity contribution in [3.8, 4) is 0 Å². The lowest BCUT2D eigenvalue weighted by molar-refractivity contribution is -0.137. The Balaban J connectivity index is 2.67. The number of hydrogen-bond donors (Lipinski definition) is 0. The molecular formula is C9H13NO4. The lowest BCUT2D eigenvalue weighted by Crippen LogP contribution is -2.32. The molecule has 1 aliphatic heterocycles. The Bertz CT molecular complexity index is 272. The number of nitrogens with zero attached hydrogens (tertiary/aromatic N) is 1. The number of methoxy groups -OCH3 is 1. The van der Waals surface area contributed by atoms with Gasteiger partial charge in [-0.1, -0.05) is 6.08 Å². The van der Waals surface area contributed by atoms with E-state index in [0.29, 0.717) is 19.6 Å². The minimum absolute atomic E-state index is 0.269. The van der Waals surface area contributed by atoms with Gasteiger partial charge in [0, 0.05) is 6.54 Å². The van der Waals surface area contributed by atoms with Gasteiger partial charge in [-0.3, -0.25) is 4.90 Å². The second kappa shape index (κ2) is 4.64. The lowest BCUT2D eigenvalue weighted by Gasteiger charge is -2.17. The second-order valence-corrected chi connectivity index (χ2v) is 2.72. The van der Waals surface area contributed by atoms with Crippen LogP contribution >= 0.6 is 0 Å². The van der Waals surface area contributed by atoms with E-state index < -0.39 is 12.1 Å². The highest BCUT2D eigenvalue weighted by molar-refractivity contribution is 5.92. The van der Waals surface area contributed by atoms with Gasteiger partial charge in [0.25, 0.3) is 0 Å². The molecule has 0 fully saturated rings. The standard InChI is InChI=1S/C9H13NO4/c1-3-14-9(12)10-6-4-5-7(10)8(11)13-2/h5H,3-4,6H2,1-2H3. The van der Waals surface area contributed by atoms with Gasteiger partial charge in [-0.2, -0.15) is 0 Å². The highest BCUT2D eigenvalue weighted by Crippen LogP contribution is 2.17. The van der Waals surface area contributed by atoms with Crippen LogP contribution in [0.1, 0.15) is 13.3 Å². The third-order valence-electron chi connectivity index (χ3n) is 1.86. The molecule has 14 heavy (non-hydrogen) atoms.